The molecule has 0 aliphatic carbocycles. The molecule has 88 valence electrons. The van der Waals surface area contributed by atoms with E-state index >= 15 is 0 Å². The van der Waals surface area contributed by atoms with Crippen molar-refractivity contribution in [1.29, 1.82) is 0 Å². The van der Waals surface area contributed by atoms with E-state index in [9.17, 15) is 4.39 Å². The minimum Gasteiger partial charge on any atom is -0.371 e. The average Bonchev–Trinajstić information content (AvgIpc) is 2.32. The Morgan fingerprint density at radius 2 is 1.94 bits per heavy atom. The Kier molecular flexibility index (Phi) is 2.95. The molecule has 0 radical (unpaired) electrons. The van der Waals surface area contributed by atoms with Crippen LogP contribution in [0.3, 0.4) is 0 Å². The van der Waals surface area contributed by atoms with Crippen LogP contribution in [0.2, 0.25) is 0 Å². The third-order valence-electron chi connectivity index (χ3n) is 2.26. The van der Waals surface area contributed by atoms with E-state index in [2.05, 4.69) is 25.3 Å². The second-order valence-electron chi connectivity index (χ2n) is 3.53. The van der Waals surface area contributed by atoms with Gasteiger partial charge in [-0.2, -0.15) is 0 Å². The highest BCUT2D eigenvalue weighted by Crippen LogP contribution is 2.18. The molecule has 2 aromatic heterocycles. The Hall–Kier alpha value is -2.11. The van der Waals surface area contributed by atoms with Gasteiger partial charge in [-0.15, -0.1) is 0 Å². The van der Waals surface area contributed by atoms with Gasteiger partial charge in [-0.25, -0.2) is 24.3 Å². The molecule has 2 aromatic rings. The Morgan fingerprint density at radius 3 is 2.59 bits per heavy atom. The van der Waals surface area contributed by atoms with Gasteiger partial charge in [0.25, 0.3) is 0 Å². The van der Waals surface area contributed by atoms with Crippen LogP contribution in [0.4, 0.5) is 10.2 Å². The molecular weight excluding hydrogens is 221 g/mol. The maximum atomic E-state index is 13.6. The van der Waals surface area contributed by atoms with E-state index in [0.717, 1.165) is 0 Å². The third kappa shape index (κ3) is 2.20. The lowest BCUT2D eigenvalue weighted by molar-refractivity contribution is 0.607. The molecule has 6 heteroatoms. The fourth-order valence-electron chi connectivity index (χ4n) is 1.42. The smallest absolute Gasteiger partial charge is 0.186 e. The lowest BCUT2D eigenvalue weighted by atomic mass is 10.3. The van der Waals surface area contributed by atoms with Crippen molar-refractivity contribution in [3.8, 4) is 11.5 Å². The van der Waals surface area contributed by atoms with Gasteiger partial charge in [0.1, 0.15) is 11.5 Å². The van der Waals surface area contributed by atoms with Crippen LogP contribution in [-0.4, -0.2) is 27.0 Å². The van der Waals surface area contributed by atoms with Gasteiger partial charge in [-0.05, 0) is 19.9 Å². The molecule has 0 saturated heterocycles. The molecule has 0 amide bonds. The summed E-state index contributed by atoms with van der Waals surface area (Å²) in [6.45, 7) is 3.37. The fourth-order valence-corrected chi connectivity index (χ4v) is 1.42. The Labute approximate surface area is 98.2 Å². The van der Waals surface area contributed by atoms with Gasteiger partial charge < -0.3 is 5.32 Å². The summed E-state index contributed by atoms with van der Waals surface area (Å²) in [5, 5.41) is 2.69. The number of hydrogen-bond acceptors (Lipinski definition) is 5. The minimum absolute atomic E-state index is 0.170. The van der Waals surface area contributed by atoms with Gasteiger partial charge >= 0.3 is 0 Å². The lowest BCUT2D eigenvalue weighted by Crippen LogP contribution is -2.04. The zero-order valence-corrected chi connectivity index (χ0v) is 9.82. The molecule has 0 aromatic carbocycles. The van der Waals surface area contributed by atoms with Crippen molar-refractivity contribution < 1.29 is 4.39 Å². The molecule has 2 rings (SSSR count). The summed E-state index contributed by atoms with van der Waals surface area (Å²) in [6.07, 6.45) is 1.62. The molecule has 2 heterocycles. The van der Waals surface area contributed by atoms with Crippen LogP contribution in [0.25, 0.3) is 11.5 Å². The second-order valence-corrected chi connectivity index (χ2v) is 3.53. The van der Waals surface area contributed by atoms with Crippen molar-refractivity contribution in [2.75, 3.05) is 12.4 Å². The van der Waals surface area contributed by atoms with Crippen molar-refractivity contribution in [3.63, 3.8) is 0 Å². The van der Waals surface area contributed by atoms with E-state index in [-0.39, 0.29) is 11.5 Å². The number of anilines is 1. The van der Waals surface area contributed by atoms with Crippen molar-refractivity contribution in [3.05, 3.63) is 29.6 Å². The average molecular weight is 233 g/mol. The van der Waals surface area contributed by atoms with E-state index in [4.69, 9.17) is 0 Å². The zero-order chi connectivity index (χ0) is 12.4. The van der Waals surface area contributed by atoms with Gasteiger partial charge in [0.2, 0.25) is 0 Å². The van der Waals surface area contributed by atoms with Crippen LogP contribution in [0.5, 0.6) is 0 Å². The van der Waals surface area contributed by atoms with Gasteiger partial charge in [-0.1, -0.05) is 0 Å². The summed E-state index contributed by atoms with van der Waals surface area (Å²) in [5.41, 5.74) is 0.868. The molecule has 0 saturated carbocycles. The van der Waals surface area contributed by atoms with Crippen LogP contribution in [0, 0.1) is 19.7 Å². The maximum Gasteiger partial charge on any atom is 0.186 e. The highest BCUT2D eigenvalue weighted by Gasteiger charge is 2.12. The van der Waals surface area contributed by atoms with Crippen LogP contribution < -0.4 is 5.32 Å². The first-order valence-electron chi connectivity index (χ1n) is 5.13. The normalized spacial score (nSPS) is 10.4. The standard InChI is InChI=1S/C11H12FN5/c1-6-9(12)11(13-3)17-10(15-6)8-4-5-14-7(2)16-8/h4-5H,1-3H3,(H,13,15,17). The van der Waals surface area contributed by atoms with Gasteiger partial charge in [0.05, 0.1) is 5.69 Å². The first-order valence-corrected chi connectivity index (χ1v) is 5.13. The number of rotatable bonds is 2. The first kappa shape index (κ1) is 11.4. The summed E-state index contributed by atoms with van der Waals surface area (Å²) in [7, 11) is 1.61. The lowest BCUT2D eigenvalue weighted by Gasteiger charge is -2.06. The molecule has 0 spiro atoms. The fraction of sp³-hybridized carbons (Fsp3) is 0.273. The van der Waals surface area contributed by atoms with E-state index in [1.165, 1.54) is 0 Å². The molecule has 0 aliphatic heterocycles. The SMILES string of the molecule is CNc1nc(-c2ccnc(C)n2)nc(C)c1F. The summed E-state index contributed by atoms with van der Waals surface area (Å²) >= 11 is 0. The summed E-state index contributed by atoms with van der Waals surface area (Å²) < 4.78 is 13.6. The monoisotopic (exact) mass is 233 g/mol. The number of nitrogens with zero attached hydrogens (tertiary/aromatic N) is 4. The van der Waals surface area contributed by atoms with Gasteiger partial charge in [-0.3, -0.25) is 0 Å². The van der Waals surface area contributed by atoms with E-state index in [0.29, 0.717) is 17.3 Å². The summed E-state index contributed by atoms with van der Waals surface area (Å²) in [6, 6.07) is 1.69. The highest BCUT2D eigenvalue weighted by atomic mass is 19.1. The second kappa shape index (κ2) is 4.40. The molecule has 0 bridgehead atoms. The Morgan fingerprint density at radius 1 is 1.18 bits per heavy atom. The summed E-state index contributed by atoms with van der Waals surface area (Å²) in [5.74, 6) is 0.739. The molecule has 0 fully saturated rings. The van der Waals surface area contributed by atoms with E-state index in [1.54, 1.807) is 33.2 Å². The van der Waals surface area contributed by atoms with Gasteiger partial charge in [0, 0.05) is 13.2 Å². The first-order chi connectivity index (χ1) is 8.11. The van der Waals surface area contributed by atoms with Crippen molar-refractivity contribution in [2.45, 2.75) is 13.8 Å². The number of halogens is 1. The molecule has 0 atom stereocenters. The molecular formula is C11H12FN5. The Bertz CT molecular complexity index is 556. The number of aryl methyl sites for hydroxylation is 2. The van der Waals surface area contributed by atoms with E-state index < -0.39 is 5.82 Å². The zero-order valence-electron chi connectivity index (χ0n) is 9.82. The van der Waals surface area contributed by atoms with Crippen molar-refractivity contribution in [2.24, 2.45) is 0 Å². The van der Waals surface area contributed by atoms with Crippen LogP contribution >= 0.6 is 0 Å². The number of nitrogens with one attached hydrogen (secondary N) is 1. The quantitative estimate of drug-likeness (QED) is 0.855. The number of hydrogen-bond donors (Lipinski definition) is 1. The van der Waals surface area contributed by atoms with Crippen LogP contribution in [0.1, 0.15) is 11.5 Å². The van der Waals surface area contributed by atoms with Crippen LogP contribution in [0.15, 0.2) is 12.3 Å². The molecule has 17 heavy (non-hydrogen) atoms. The number of aromatic nitrogens is 4. The van der Waals surface area contributed by atoms with E-state index in [1.807, 2.05) is 0 Å². The van der Waals surface area contributed by atoms with Crippen LogP contribution in [-0.2, 0) is 0 Å². The topological polar surface area (TPSA) is 63.6 Å². The summed E-state index contributed by atoms with van der Waals surface area (Å²) in [4.78, 5) is 16.3. The largest absolute Gasteiger partial charge is 0.371 e. The van der Waals surface area contributed by atoms with Crippen molar-refractivity contribution in [1.82, 2.24) is 19.9 Å². The minimum atomic E-state index is -0.443. The molecule has 1 N–H and O–H groups in total. The predicted octanol–water partition coefficient (Wildman–Crippen LogP) is 1.73. The highest BCUT2D eigenvalue weighted by molar-refractivity contribution is 5.53. The third-order valence-corrected chi connectivity index (χ3v) is 2.26. The Balaban J connectivity index is 2.56. The maximum absolute atomic E-state index is 13.6. The molecule has 0 aliphatic rings. The molecule has 5 nitrogen and oxygen atoms in total. The molecule has 0 unspecified atom stereocenters. The predicted molar refractivity (Wildman–Crippen MR) is 62.0 cm³/mol. The van der Waals surface area contributed by atoms with Crippen molar-refractivity contribution >= 4 is 5.82 Å². The van der Waals surface area contributed by atoms with Gasteiger partial charge in [0.15, 0.2) is 17.5 Å².